The fourth-order valence-corrected chi connectivity index (χ4v) is 1.51. The van der Waals surface area contributed by atoms with E-state index in [-0.39, 0.29) is 0 Å². The molecule has 0 radical (unpaired) electrons. The van der Waals surface area contributed by atoms with Crippen LogP contribution in [0.1, 0.15) is 11.1 Å². The first kappa shape index (κ1) is 9.75. The first-order valence-corrected chi connectivity index (χ1v) is 4.81. The highest BCUT2D eigenvalue weighted by molar-refractivity contribution is 6.30. The minimum absolute atomic E-state index is 0.348. The monoisotopic (exact) mass is 217 g/mol. The molecule has 0 aliphatic carbocycles. The van der Waals surface area contributed by atoms with Crippen molar-refractivity contribution >= 4 is 11.6 Å². The van der Waals surface area contributed by atoms with Crippen molar-refractivity contribution in [1.82, 2.24) is 9.78 Å². The number of rotatable bonds is 1. The Bertz CT molecular complexity index is 520. The Balaban J connectivity index is 2.51. The van der Waals surface area contributed by atoms with E-state index in [9.17, 15) is 0 Å². The van der Waals surface area contributed by atoms with Crippen LogP contribution in [0, 0.1) is 18.3 Å². The smallest absolute Gasteiger partial charge is 0.150 e. The second kappa shape index (κ2) is 3.76. The fourth-order valence-electron chi connectivity index (χ4n) is 1.27. The lowest BCUT2D eigenvalue weighted by Gasteiger charge is -2.02. The third kappa shape index (κ3) is 1.72. The number of aryl methyl sites for hydroxylation is 1. The average molecular weight is 218 g/mol. The maximum Gasteiger partial charge on any atom is 0.150 e. The molecule has 0 saturated carbocycles. The van der Waals surface area contributed by atoms with E-state index in [0.29, 0.717) is 10.7 Å². The van der Waals surface area contributed by atoms with Gasteiger partial charge in [0, 0.05) is 0 Å². The summed E-state index contributed by atoms with van der Waals surface area (Å²) in [4.78, 5) is 0. The molecule has 0 spiro atoms. The Morgan fingerprint density at radius 1 is 1.33 bits per heavy atom. The second-order valence-electron chi connectivity index (χ2n) is 3.21. The van der Waals surface area contributed by atoms with Crippen LogP contribution in [0.15, 0.2) is 30.5 Å². The van der Waals surface area contributed by atoms with E-state index >= 15 is 0 Å². The van der Waals surface area contributed by atoms with Crippen molar-refractivity contribution < 1.29 is 0 Å². The van der Waals surface area contributed by atoms with Crippen LogP contribution in [0.5, 0.6) is 0 Å². The number of nitrogens with zero attached hydrogens (tertiary/aromatic N) is 3. The third-order valence-corrected chi connectivity index (χ3v) is 2.47. The van der Waals surface area contributed by atoms with E-state index in [0.717, 1.165) is 5.69 Å². The van der Waals surface area contributed by atoms with E-state index in [1.165, 1.54) is 11.8 Å². The molecule has 1 aromatic heterocycles. The van der Waals surface area contributed by atoms with Gasteiger partial charge in [0.05, 0.1) is 11.9 Å². The number of nitriles is 1. The summed E-state index contributed by atoms with van der Waals surface area (Å²) >= 11 is 5.98. The van der Waals surface area contributed by atoms with Gasteiger partial charge in [-0.1, -0.05) is 29.3 Å². The molecule has 0 saturated heterocycles. The van der Waals surface area contributed by atoms with Gasteiger partial charge in [-0.3, -0.25) is 0 Å². The van der Waals surface area contributed by atoms with Crippen molar-refractivity contribution in [1.29, 1.82) is 5.26 Å². The molecule has 2 aromatic rings. The predicted octanol–water partition coefficient (Wildman–Crippen LogP) is 2.71. The molecule has 2 rings (SSSR count). The molecular formula is C11H8ClN3. The molecule has 0 fully saturated rings. The van der Waals surface area contributed by atoms with Gasteiger partial charge in [-0.2, -0.15) is 10.4 Å². The molecule has 74 valence electrons. The zero-order valence-electron chi connectivity index (χ0n) is 8.11. The van der Waals surface area contributed by atoms with Crippen LogP contribution >= 0.6 is 11.6 Å². The third-order valence-electron chi connectivity index (χ3n) is 2.11. The Hall–Kier alpha value is -1.79. The maximum atomic E-state index is 8.74. The zero-order valence-corrected chi connectivity index (χ0v) is 8.86. The average Bonchev–Trinajstić information content (AvgIpc) is 2.61. The maximum absolute atomic E-state index is 8.74. The number of halogens is 1. The molecule has 0 aliphatic rings. The summed E-state index contributed by atoms with van der Waals surface area (Å²) in [6.45, 7) is 2.01. The van der Waals surface area contributed by atoms with Crippen molar-refractivity contribution in [3.63, 3.8) is 0 Å². The Morgan fingerprint density at radius 2 is 2.00 bits per heavy atom. The van der Waals surface area contributed by atoms with Crippen LogP contribution in [0.4, 0.5) is 0 Å². The zero-order chi connectivity index (χ0) is 10.8. The van der Waals surface area contributed by atoms with E-state index in [1.807, 2.05) is 37.3 Å². The number of hydrogen-bond acceptors (Lipinski definition) is 2. The first-order valence-electron chi connectivity index (χ1n) is 4.43. The van der Waals surface area contributed by atoms with E-state index < -0.39 is 0 Å². The Morgan fingerprint density at radius 3 is 2.53 bits per heavy atom. The van der Waals surface area contributed by atoms with Gasteiger partial charge in [0.15, 0.2) is 5.15 Å². The highest BCUT2D eigenvalue weighted by Gasteiger charge is 2.08. The summed E-state index contributed by atoms with van der Waals surface area (Å²) in [6, 6.07) is 9.75. The Kier molecular flexibility index (Phi) is 2.44. The van der Waals surface area contributed by atoms with Crippen LogP contribution in [0.2, 0.25) is 5.15 Å². The minimum atomic E-state index is 0.348. The highest BCUT2D eigenvalue weighted by atomic mass is 35.5. The molecule has 0 bridgehead atoms. The lowest BCUT2D eigenvalue weighted by molar-refractivity contribution is 0.880. The Labute approximate surface area is 92.5 Å². The second-order valence-corrected chi connectivity index (χ2v) is 3.57. The van der Waals surface area contributed by atoms with E-state index in [1.54, 1.807) is 4.68 Å². The van der Waals surface area contributed by atoms with Crippen molar-refractivity contribution in [2.24, 2.45) is 0 Å². The summed E-state index contributed by atoms with van der Waals surface area (Å²) in [5.74, 6) is 0. The summed E-state index contributed by atoms with van der Waals surface area (Å²) < 4.78 is 1.54. The summed E-state index contributed by atoms with van der Waals surface area (Å²) in [7, 11) is 0. The van der Waals surface area contributed by atoms with E-state index in [4.69, 9.17) is 16.9 Å². The minimum Gasteiger partial charge on any atom is -0.221 e. The number of hydrogen-bond donors (Lipinski definition) is 0. The van der Waals surface area contributed by atoms with Gasteiger partial charge in [-0.15, -0.1) is 0 Å². The van der Waals surface area contributed by atoms with Crippen LogP contribution in [0.25, 0.3) is 5.69 Å². The normalized spacial score (nSPS) is 9.93. The van der Waals surface area contributed by atoms with Crippen LogP contribution in [0.3, 0.4) is 0 Å². The van der Waals surface area contributed by atoms with Gasteiger partial charge in [0.25, 0.3) is 0 Å². The predicted molar refractivity (Wildman–Crippen MR) is 58.0 cm³/mol. The molecule has 0 aliphatic heterocycles. The van der Waals surface area contributed by atoms with Crippen molar-refractivity contribution in [2.45, 2.75) is 6.92 Å². The molecule has 1 heterocycles. The van der Waals surface area contributed by atoms with E-state index in [2.05, 4.69) is 5.10 Å². The van der Waals surface area contributed by atoms with Crippen molar-refractivity contribution in [3.8, 4) is 11.8 Å². The lowest BCUT2D eigenvalue weighted by atomic mass is 10.2. The molecule has 3 nitrogen and oxygen atoms in total. The standard InChI is InChI=1S/C11H8ClN3/c1-8-2-4-10(5-3-8)15-11(12)9(6-13)7-14-15/h2-5,7H,1H3. The van der Waals surface area contributed by atoms with Crippen molar-refractivity contribution in [3.05, 3.63) is 46.7 Å². The topological polar surface area (TPSA) is 41.6 Å². The van der Waals surface area contributed by atoms with Crippen LogP contribution in [-0.4, -0.2) is 9.78 Å². The summed E-state index contributed by atoms with van der Waals surface area (Å²) in [5.41, 5.74) is 2.41. The molecule has 0 amide bonds. The molecule has 4 heteroatoms. The molecule has 0 atom stereocenters. The molecule has 15 heavy (non-hydrogen) atoms. The van der Waals surface area contributed by atoms with Gasteiger partial charge in [-0.05, 0) is 19.1 Å². The molecule has 0 N–H and O–H groups in total. The SMILES string of the molecule is Cc1ccc(-n2ncc(C#N)c2Cl)cc1. The molecule has 0 unspecified atom stereocenters. The van der Waals surface area contributed by atoms with Crippen LogP contribution in [-0.2, 0) is 0 Å². The summed E-state index contributed by atoms with van der Waals surface area (Å²) in [6.07, 6.45) is 1.46. The quantitative estimate of drug-likeness (QED) is 0.737. The largest absolute Gasteiger partial charge is 0.221 e. The number of benzene rings is 1. The number of aromatic nitrogens is 2. The van der Waals surface area contributed by atoms with Gasteiger partial charge >= 0.3 is 0 Å². The van der Waals surface area contributed by atoms with Gasteiger partial charge in [0.2, 0.25) is 0 Å². The molecule has 1 aromatic carbocycles. The van der Waals surface area contributed by atoms with Crippen molar-refractivity contribution in [2.75, 3.05) is 0 Å². The van der Waals surface area contributed by atoms with Crippen LogP contribution < -0.4 is 0 Å². The van der Waals surface area contributed by atoms with Gasteiger partial charge < -0.3 is 0 Å². The first-order chi connectivity index (χ1) is 7.22. The fraction of sp³-hybridized carbons (Fsp3) is 0.0909. The lowest BCUT2D eigenvalue weighted by Crippen LogP contribution is -1.95. The summed E-state index contributed by atoms with van der Waals surface area (Å²) in [5, 5.41) is 13.1. The van der Waals surface area contributed by atoms with Gasteiger partial charge in [0.1, 0.15) is 11.6 Å². The molecular weight excluding hydrogens is 210 g/mol. The van der Waals surface area contributed by atoms with Gasteiger partial charge in [-0.25, -0.2) is 4.68 Å². The highest BCUT2D eigenvalue weighted by Crippen LogP contribution is 2.19.